The predicted octanol–water partition coefficient (Wildman–Crippen LogP) is 4.15. The molecule has 0 aliphatic heterocycles. The molecule has 3 aromatic rings. The van der Waals surface area contributed by atoms with Gasteiger partial charge in [-0.2, -0.15) is 0 Å². The van der Waals surface area contributed by atoms with Crippen LogP contribution in [0.2, 0.25) is 0 Å². The number of carbonyl (C=O) groups excluding carboxylic acids is 1. The molecule has 0 saturated heterocycles. The summed E-state index contributed by atoms with van der Waals surface area (Å²) in [4.78, 5) is 16.4. The highest BCUT2D eigenvalue weighted by atomic mass is 16.5. The van der Waals surface area contributed by atoms with E-state index in [1.165, 1.54) is 0 Å². The van der Waals surface area contributed by atoms with Gasteiger partial charge in [-0.15, -0.1) is 0 Å². The molecule has 1 unspecified atom stereocenters. The number of carbonyl (C=O) groups is 1. The molecular weight excluding hydrogens is 312 g/mol. The number of amides is 1. The van der Waals surface area contributed by atoms with Crippen LogP contribution in [0.4, 0.5) is 0 Å². The quantitative estimate of drug-likeness (QED) is 0.738. The van der Waals surface area contributed by atoms with E-state index >= 15 is 0 Å². The topological polar surface area (TPSA) is 51.2 Å². The maximum atomic E-state index is 12.4. The van der Waals surface area contributed by atoms with Crippen molar-refractivity contribution < 1.29 is 9.53 Å². The maximum Gasteiger partial charge on any atom is 0.251 e. The van der Waals surface area contributed by atoms with Crippen LogP contribution in [0.25, 0.3) is 0 Å². The number of nitrogens with one attached hydrogen (secondary N) is 1. The average molecular weight is 332 g/mol. The Morgan fingerprint density at radius 1 is 1.04 bits per heavy atom. The number of hydrogen-bond donors (Lipinski definition) is 1. The zero-order valence-electron chi connectivity index (χ0n) is 14.1. The molecule has 0 radical (unpaired) electrons. The van der Waals surface area contributed by atoms with Gasteiger partial charge in [0.15, 0.2) is 0 Å². The largest absolute Gasteiger partial charge is 0.489 e. The van der Waals surface area contributed by atoms with Crippen LogP contribution in [0.15, 0.2) is 79.1 Å². The van der Waals surface area contributed by atoms with Crippen molar-refractivity contribution in [1.82, 2.24) is 10.3 Å². The van der Waals surface area contributed by atoms with E-state index in [4.69, 9.17) is 4.74 Å². The fourth-order valence-corrected chi connectivity index (χ4v) is 2.43. The first-order valence-corrected chi connectivity index (χ1v) is 8.20. The number of aromatic nitrogens is 1. The molecule has 0 spiro atoms. The molecule has 25 heavy (non-hydrogen) atoms. The second-order valence-electron chi connectivity index (χ2n) is 5.78. The van der Waals surface area contributed by atoms with E-state index in [0.717, 1.165) is 16.9 Å². The minimum absolute atomic E-state index is 0.0951. The lowest BCUT2D eigenvalue weighted by molar-refractivity contribution is 0.0940. The number of ether oxygens (including phenoxy) is 1. The lowest BCUT2D eigenvalue weighted by Crippen LogP contribution is -2.26. The van der Waals surface area contributed by atoms with E-state index in [1.807, 2.05) is 73.7 Å². The first-order valence-electron chi connectivity index (χ1n) is 8.20. The molecule has 1 atom stereocenters. The van der Waals surface area contributed by atoms with Crippen molar-refractivity contribution in [3.63, 3.8) is 0 Å². The summed E-state index contributed by atoms with van der Waals surface area (Å²) in [6.07, 6.45) is 3.48. The monoisotopic (exact) mass is 332 g/mol. The number of pyridine rings is 1. The Labute approximate surface area is 147 Å². The fourth-order valence-electron chi connectivity index (χ4n) is 2.43. The third kappa shape index (κ3) is 4.67. The molecule has 0 aliphatic carbocycles. The van der Waals surface area contributed by atoms with Gasteiger partial charge < -0.3 is 10.1 Å². The van der Waals surface area contributed by atoms with Crippen molar-refractivity contribution in [3.8, 4) is 5.75 Å². The van der Waals surface area contributed by atoms with E-state index in [1.54, 1.807) is 12.4 Å². The summed E-state index contributed by atoms with van der Waals surface area (Å²) in [6, 6.07) is 20.8. The maximum absolute atomic E-state index is 12.4. The number of hydrogen-bond acceptors (Lipinski definition) is 3. The zero-order valence-corrected chi connectivity index (χ0v) is 14.1. The molecule has 0 fully saturated rings. The third-order valence-electron chi connectivity index (χ3n) is 3.90. The second-order valence-corrected chi connectivity index (χ2v) is 5.78. The van der Waals surface area contributed by atoms with Crippen LogP contribution in [0.3, 0.4) is 0 Å². The zero-order chi connectivity index (χ0) is 17.5. The lowest BCUT2D eigenvalue weighted by atomic mass is 10.1. The molecule has 2 aromatic carbocycles. The fraction of sp³-hybridized carbons (Fsp3) is 0.143. The van der Waals surface area contributed by atoms with E-state index in [2.05, 4.69) is 10.3 Å². The van der Waals surface area contributed by atoms with Gasteiger partial charge in [-0.25, -0.2) is 0 Å². The SMILES string of the molecule is CC(NC(=O)c1ccc(COc2ccccc2)cc1)c1cccnc1. The van der Waals surface area contributed by atoms with Crippen LogP contribution in [0.1, 0.15) is 34.5 Å². The van der Waals surface area contributed by atoms with E-state index in [-0.39, 0.29) is 11.9 Å². The van der Waals surface area contributed by atoms with Crippen molar-refractivity contribution in [1.29, 1.82) is 0 Å². The minimum atomic E-state index is -0.105. The number of benzene rings is 2. The number of rotatable bonds is 6. The lowest BCUT2D eigenvalue weighted by Gasteiger charge is -2.14. The van der Waals surface area contributed by atoms with Gasteiger partial charge in [0, 0.05) is 18.0 Å². The molecule has 3 rings (SSSR count). The van der Waals surface area contributed by atoms with Crippen molar-refractivity contribution >= 4 is 5.91 Å². The molecule has 0 bridgehead atoms. The summed E-state index contributed by atoms with van der Waals surface area (Å²) in [5.41, 5.74) is 2.61. The van der Waals surface area contributed by atoms with E-state index < -0.39 is 0 Å². The van der Waals surface area contributed by atoms with Crippen LogP contribution in [0, 0.1) is 0 Å². The van der Waals surface area contributed by atoms with Gasteiger partial charge in [0.05, 0.1) is 6.04 Å². The molecule has 4 nitrogen and oxygen atoms in total. The Morgan fingerprint density at radius 3 is 2.48 bits per heavy atom. The highest BCUT2D eigenvalue weighted by Crippen LogP contribution is 2.14. The average Bonchev–Trinajstić information content (AvgIpc) is 2.68. The van der Waals surface area contributed by atoms with E-state index in [0.29, 0.717) is 12.2 Å². The number of nitrogens with zero attached hydrogens (tertiary/aromatic N) is 1. The van der Waals surface area contributed by atoms with Crippen LogP contribution >= 0.6 is 0 Å². The van der Waals surface area contributed by atoms with Crippen LogP contribution in [0.5, 0.6) is 5.75 Å². The van der Waals surface area contributed by atoms with Gasteiger partial charge in [-0.1, -0.05) is 36.4 Å². The molecular formula is C21H20N2O2. The van der Waals surface area contributed by atoms with Crippen molar-refractivity contribution in [2.45, 2.75) is 19.6 Å². The summed E-state index contributed by atoms with van der Waals surface area (Å²) in [5.74, 6) is 0.724. The molecule has 126 valence electrons. The third-order valence-corrected chi connectivity index (χ3v) is 3.90. The van der Waals surface area contributed by atoms with Crippen molar-refractivity contribution in [2.24, 2.45) is 0 Å². The second kappa shape index (κ2) is 8.11. The van der Waals surface area contributed by atoms with Gasteiger partial charge in [0.1, 0.15) is 12.4 Å². The molecule has 1 N–H and O–H groups in total. The minimum Gasteiger partial charge on any atom is -0.489 e. The Morgan fingerprint density at radius 2 is 1.80 bits per heavy atom. The molecule has 0 saturated carbocycles. The summed E-state index contributed by atoms with van der Waals surface area (Å²) in [7, 11) is 0. The first-order chi connectivity index (χ1) is 12.2. The summed E-state index contributed by atoms with van der Waals surface area (Å²) < 4.78 is 5.71. The Hall–Kier alpha value is -3.14. The van der Waals surface area contributed by atoms with Crippen molar-refractivity contribution in [2.75, 3.05) is 0 Å². The molecule has 1 heterocycles. The van der Waals surface area contributed by atoms with Crippen molar-refractivity contribution in [3.05, 3.63) is 95.8 Å². The van der Waals surface area contributed by atoms with Crippen LogP contribution in [-0.4, -0.2) is 10.9 Å². The smallest absolute Gasteiger partial charge is 0.251 e. The normalized spacial score (nSPS) is 11.6. The van der Waals surface area contributed by atoms with Gasteiger partial charge in [-0.3, -0.25) is 9.78 Å². The van der Waals surface area contributed by atoms with E-state index in [9.17, 15) is 4.79 Å². The molecule has 1 amide bonds. The van der Waals surface area contributed by atoms with Gasteiger partial charge in [0.25, 0.3) is 5.91 Å². The van der Waals surface area contributed by atoms with Crippen LogP contribution in [-0.2, 0) is 6.61 Å². The molecule has 1 aromatic heterocycles. The van der Waals surface area contributed by atoms with Gasteiger partial charge in [0.2, 0.25) is 0 Å². The number of para-hydroxylation sites is 1. The van der Waals surface area contributed by atoms with Crippen LogP contribution < -0.4 is 10.1 Å². The standard InChI is InChI=1S/C21H20N2O2/c1-16(19-6-5-13-22-14-19)23-21(24)18-11-9-17(10-12-18)15-25-20-7-3-2-4-8-20/h2-14,16H,15H2,1H3,(H,23,24). The van der Waals surface area contributed by atoms with Gasteiger partial charge in [-0.05, 0) is 48.4 Å². The first kappa shape index (κ1) is 16.7. The Bertz CT molecular complexity index is 802. The Kier molecular flexibility index (Phi) is 5.42. The molecule has 0 aliphatic rings. The highest BCUT2D eigenvalue weighted by molar-refractivity contribution is 5.94. The predicted molar refractivity (Wildman–Crippen MR) is 97.3 cm³/mol. The highest BCUT2D eigenvalue weighted by Gasteiger charge is 2.11. The summed E-state index contributed by atoms with van der Waals surface area (Å²) in [5, 5.41) is 2.98. The van der Waals surface area contributed by atoms with Gasteiger partial charge >= 0.3 is 0 Å². The summed E-state index contributed by atoms with van der Waals surface area (Å²) >= 11 is 0. The summed E-state index contributed by atoms with van der Waals surface area (Å²) in [6.45, 7) is 2.41. The molecule has 4 heteroatoms. The Balaban J connectivity index is 1.57.